The van der Waals surface area contributed by atoms with Crippen molar-refractivity contribution in [1.82, 2.24) is 5.32 Å². The first-order valence-corrected chi connectivity index (χ1v) is 6.04. The van der Waals surface area contributed by atoms with Crippen molar-refractivity contribution < 1.29 is 13.5 Å². The maximum absolute atomic E-state index is 13.7. The topological polar surface area (TPSA) is 21.3 Å². The molecule has 0 aliphatic carbocycles. The van der Waals surface area contributed by atoms with E-state index in [-0.39, 0.29) is 10.8 Å². The predicted molar refractivity (Wildman–Crippen MR) is 70.6 cm³/mol. The zero-order valence-corrected chi connectivity index (χ0v) is 11.0. The van der Waals surface area contributed by atoms with Crippen LogP contribution in [0.4, 0.5) is 8.78 Å². The minimum absolute atomic E-state index is 0.0379. The highest BCUT2D eigenvalue weighted by Crippen LogP contribution is 2.29. The number of hydrogen-bond acceptors (Lipinski definition) is 2. The number of rotatable bonds is 4. The van der Waals surface area contributed by atoms with E-state index >= 15 is 0 Å². The van der Waals surface area contributed by atoms with Gasteiger partial charge in [-0.15, -0.1) is 0 Å². The van der Waals surface area contributed by atoms with E-state index in [1.807, 2.05) is 0 Å². The standard InChI is InChI=1S/C14H12ClF2NO/c1-18-8-10-12(16)3-2-4-14(10)19-9-5-6-13(17)11(15)7-9/h2-7,18H,8H2,1H3. The molecule has 2 aromatic carbocycles. The second-order valence-corrected chi connectivity index (χ2v) is 4.33. The summed E-state index contributed by atoms with van der Waals surface area (Å²) < 4.78 is 32.3. The van der Waals surface area contributed by atoms with Gasteiger partial charge in [-0.25, -0.2) is 8.78 Å². The summed E-state index contributed by atoms with van der Waals surface area (Å²) in [5.74, 6) is -0.157. The second kappa shape index (κ2) is 5.99. The Morgan fingerprint density at radius 2 is 1.95 bits per heavy atom. The smallest absolute Gasteiger partial charge is 0.142 e. The van der Waals surface area contributed by atoms with E-state index in [9.17, 15) is 8.78 Å². The van der Waals surface area contributed by atoms with Gasteiger partial charge in [0.2, 0.25) is 0 Å². The Morgan fingerprint density at radius 3 is 2.63 bits per heavy atom. The summed E-state index contributed by atoms with van der Waals surface area (Å²) in [5.41, 5.74) is 0.408. The summed E-state index contributed by atoms with van der Waals surface area (Å²) in [7, 11) is 1.71. The van der Waals surface area contributed by atoms with Crippen LogP contribution in [-0.2, 0) is 6.54 Å². The third-order valence-electron chi connectivity index (χ3n) is 2.55. The number of benzene rings is 2. The van der Waals surface area contributed by atoms with Gasteiger partial charge in [0.15, 0.2) is 0 Å². The van der Waals surface area contributed by atoms with Gasteiger partial charge in [-0.2, -0.15) is 0 Å². The summed E-state index contributed by atoms with van der Waals surface area (Å²) in [6, 6.07) is 8.55. The fourth-order valence-electron chi connectivity index (χ4n) is 1.65. The van der Waals surface area contributed by atoms with Crippen molar-refractivity contribution in [2.75, 3.05) is 7.05 Å². The highest BCUT2D eigenvalue weighted by Gasteiger charge is 2.10. The molecule has 19 heavy (non-hydrogen) atoms. The number of nitrogens with one attached hydrogen (secondary N) is 1. The lowest BCUT2D eigenvalue weighted by atomic mass is 10.2. The van der Waals surface area contributed by atoms with Crippen molar-refractivity contribution in [2.45, 2.75) is 6.54 Å². The van der Waals surface area contributed by atoms with Crippen LogP contribution in [0.3, 0.4) is 0 Å². The van der Waals surface area contributed by atoms with Crippen LogP contribution < -0.4 is 10.1 Å². The molecule has 5 heteroatoms. The van der Waals surface area contributed by atoms with Crippen LogP contribution in [0, 0.1) is 11.6 Å². The number of hydrogen-bond donors (Lipinski definition) is 1. The van der Waals surface area contributed by atoms with Crippen molar-refractivity contribution in [3.8, 4) is 11.5 Å². The molecule has 0 unspecified atom stereocenters. The molecule has 2 aromatic rings. The van der Waals surface area contributed by atoms with Crippen LogP contribution in [0.1, 0.15) is 5.56 Å². The fraction of sp³-hybridized carbons (Fsp3) is 0.143. The van der Waals surface area contributed by atoms with Gasteiger partial charge in [0.05, 0.1) is 5.02 Å². The van der Waals surface area contributed by atoms with E-state index in [4.69, 9.17) is 16.3 Å². The largest absolute Gasteiger partial charge is 0.457 e. The van der Waals surface area contributed by atoms with Gasteiger partial charge in [-0.1, -0.05) is 17.7 Å². The van der Waals surface area contributed by atoms with Crippen LogP contribution in [0.5, 0.6) is 11.5 Å². The molecule has 0 aliphatic heterocycles. The Labute approximate surface area is 115 Å². The minimum atomic E-state index is -0.524. The second-order valence-electron chi connectivity index (χ2n) is 3.92. The van der Waals surface area contributed by atoms with Gasteiger partial charge < -0.3 is 10.1 Å². The molecule has 0 aliphatic rings. The zero-order valence-electron chi connectivity index (χ0n) is 10.2. The molecule has 0 aromatic heterocycles. The highest BCUT2D eigenvalue weighted by molar-refractivity contribution is 6.30. The van der Waals surface area contributed by atoms with E-state index in [1.54, 1.807) is 19.2 Å². The molecule has 0 saturated carbocycles. The van der Waals surface area contributed by atoms with Gasteiger partial charge in [0, 0.05) is 18.2 Å². The Morgan fingerprint density at radius 1 is 1.16 bits per heavy atom. The molecule has 2 nitrogen and oxygen atoms in total. The minimum Gasteiger partial charge on any atom is -0.457 e. The summed E-state index contributed by atoms with van der Waals surface area (Å²) in [4.78, 5) is 0. The van der Waals surface area contributed by atoms with E-state index in [1.165, 1.54) is 24.3 Å². The highest BCUT2D eigenvalue weighted by atomic mass is 35.5. The predicted octanol–water partition coefficient (Wildman–Crippen LogP) is 4.13. The van der Waals surface area contributed by atoms with Crippen molar-refractivity contribution in [3.05, 3.63) is 58.6 Å². The van der Waals surface area contributed by atoms with Crippen molar-refractivity contribution in [1.29, 1.82) is 0 Å². The van der Waals surface area contributed by atoms with Crippen molar-refractivity contribution in [2.24, 2.45) is 0 Å². The molecule has 0 radical (unpaired) electrons. The molecule has 1 N–H and O–H groups in total. The lowest BCUT2D eigenvalue weighted by Gasteiger charge is -2.12. The van der Waals surface area contributed by atoms with Gasteiger partial charge >= 0.3 is 0 Å². The number of halogens is 3. The van der Waals surface area contributed by atoms with Gasteiger partial charge in [-0.05, 0) is 31.3 Å². The quantitative estimate of drug-likeness (QED) is 0.911. The van der Waals surface area contributed by atoms with E-state index < -0.39 is 5.82 Å². The van der Waals surface area contributed by atoms with Crippen LogP contribution in [0.15, 0.2) is 36.4 Å². The summed E-state index contributed by atoms with van der Waals surface area (Å²) >= 11 is 5.67. The molecular formula is C14H12ClF2NO. The lowest BCUT2D eigenvalue weighted by Crippen LogP contribution is -2.08. The Balaban J connectivity index is 2.32. The SMILES string of the molecule is CNCc1c(F)cccc1Oc1ccc(F)c(Cl)c1. The molecule has 0 fully saturated rings. The molecule has 0 bridgehead atoms. The molecular weight excluding hydrogens is 272 g/mol. The molecule has 0 amide bonds. The van der Waals surface area contributed by atoms with E-state index in [2.05, 4.69) is 5.32 Å². The number of ether oxygens (including phenoxy) is 1. The van der Waals surface area contributed by atoms with E-state index in [0.29, 0.717) is 23.6 Å². The van der Waals surface area contributed by atoms with Crippen LogP contribution in [-0.4, -0.2) is 7.05 Å². The normalized spacial score (nSPS) is 10.5. The molecule has 0 heterocycles. The molecule has 0 spiro atoms. The first kappa shape index (κ1) is 13.8. The van der Waals surface area contributed by atoms with Gasteiger partial charge in [0.25, 0.3) is 0 Å². The third kappa shape index (κ3) is 3.22. The molecule has 0 saturated heterocycles. The van der Waals surface area contributed by atoms with E-state index in [0.717, 1.165) is 0 Å². The molecule has 100 valence electrons. The van der Waals surface area contributed by atoms with Crippen LogP contribution in [0.2, 0.25) is 5.02 Å². The van der Waals surface area contributed by atoms with Crippen LogP contribution in [0.25, 0.3) is 0 Å². The maximum atomic E-state index is 13.7. The van der Waals surface area contributed by atoms with Gasteiger partial charge in [0.1, 0.15) is 23.1 Å². The maximum Gasteiger partial charge on any atom is 0.142 e. The summed E-state index contributed by atoms with van der Waals surface area (Å²) in [6.45, 7) is 0.330. The van der Waals surface area contributed by atoms with Gasteiger partial charge in [-0.3, -0.25) is 0 Å². The monoisotopic (exact) mass is 283 g/mol. The fourth-order valence-corrected chi connectivity index (χ4v) is 1.82. The average Bonchev–Trinajstić information content (AvgIpc) is 2.38. The Hall–Kier alpha value is -1.65. The average molecular weight is 284 g/mol. The third-order valence-corrected chi connectivity index (χ3v) is 2.84. The first-order valence-electron chi connectivity index (χ1n) is 5.66. The Kier molecular flexibility index (Phi) is 4.35. The molecule has 0 atom stereocenters. The van der Waals surface area contributed by atoms with Crippen molar-refractivity contribution in [3.63, 3.8) is 0 Å². The van der Waals surface area contributed by atoms with Crippen molar-refractivity contribution >= 4 is 11.6 Å². The molecule has 2 rings (SSSR count). The zero-order chi connectivity index (χ0) is 13.8. The lowest BCUT2D eigenvalue weighted by molar-refractivity contribution is 0.462. The Bertz CT molecular complexity index is 590. The first-order chi connectivity index (χ1) is 9.11. The summed E-state index contributed by atoms with van der Waals surface area (Å²) in [5, 5.41) is 2.83. The van der Waals surface area contributed by atoms with Crippen LogP contribution >= 0.6 is 11.6 Å². The summed E-state index contributed by atoms with van der Waals surface area (Å²) in [6.07, 6.45) is 0.